The van der Waals surface area contributed by atoms with Gasteiger partial charge in [0.2, 0.25) is 20.0 Å². The fraction of sp³-hybridized carbons (Fsp3) is 0.455. The van der Waals surface area contributed by atoms with Crippen LogP contribution in [0.5, 0.6) is 0 Å². The van der Waals surface area contributed by atoms with E-state index in [1.807, 2.05) is 6.92 Å². The third kappa shape index (κ3) is 6.23. The molecule has 0 heterocycles. The zero-order valence-corrected chi connectivity index (χ0v) is 13.5. The largest absolute Gasteiger partial charge is 0.240 e. The lowest BCUT2D eigenvalue weighted by molar-refractivity contribution is 0.580. The van der Waals surface area contributed by atoms with Crippen molar-refractivity contribution in [2.75, 3.05) is 18.1 Å². The molecule has 114 valence electrons. The second kappa shape index (κ2) is 7.41. The van der Waals surface area contributed by atoms with Gasteiger partial charge in [-0.05, 0) is 30.7 Å². The Bertz CT molecular complexity index is 624. The minimum atomic E-state index is -3.46. The fourth-order valence-electron chi connectivity index (χ4n) is 1.31. The second-order valence-corrected chi connectivity index (χ2v) is 8.75. The number of benzene rings is 1. The maximum Gasteiger partial charge on any atom is 0.240 e. The molecule has 1 aromatic rings. The van der Waals surface area contributed by atoms with Gasteiger partial charge >= 0.3 is 0 Å². The van der Waals surface area contributed by atoms with Gasteiger partial charge in [-0.2, -0.15) is 0 Å². The Morgan fingerprint density at radius 2 is 1.75 bits per heavy atom. The summed E-state index contributed by atoms with van der Waals surface area (Å²) in [5.74, 6) is 0.217. The Kier molecular flexibility index (Phi) is 6.46. The minimum Gasteiger partial charge on any atom is -0.229 e. The second-order valence-electron chi connectivity index (χ2n) is 4.08. The Balaban J connectivity index is 2.65. The van der Waals surface area contributed by atoms with Crippen LogP contribution in [0.25, 0.3) is 0 Å². The number of sulfonamides is 2. The number of nitrogens with two attached hydrogens (primary N) is 1. The molecule has 1 aromatic carbocycles. The number of thioether (sulfide) groups is 1. The summed E-state index contributed by atoms with van der Waals surface area (Å²) < 4.78 is 47.7. The van der Waals surface area contributed by atoms with E-state index in [2.05, 4.69) is 4.72 Å². The van der Waals surface area contributed by atoms with Gasteiger partial charge in [0.15, 0.2) is 0 Å². The number of nitrogens with one attached hydrogen (secondary N) is 1. The van der Waals surface area contributed by atoms with E-state index in [1.54, 1.807) is 12.1 Å². The van der Waals surface area contributed by atoms with Crippen LogP contribution in [-0.4, -0.2) is 34.9 Å². The molecule has 0 fully saturated rings. The number of hydrogen-bond acceptors (Lipinski definition) is 5. The van der Waals surface area contributed by atoms with E-state index >= 15 is 0 Å². The molecule has 0 aliphatic rings. The van der Waals surface area contributed by atoms with Crippen molar-refractivity contribution < 1.29 is 16.8 Å². The smallest absolute Gasteiger partial charge is 0.229 e. The van der Waals surface area contributed by atoms with Gasteiger partial charge in [-0.25, -0.2) is 26.7 Å². The summed E-state index contributed by atoms with van der Waals surface area (Å²) in [6, 6.07) is 6.29. The van der Waals surface area contributed by atoms with Crippen LogP contribution < -0.4 is 9.86 Å². The van der Waals surface area contributed by atoms with Crippen LogP contribution in [0.4, 0.5) is 0 Å². The highest BCUT2D eigenvalue weighted by Gasteiger charge is 2.12. The molecule has 0 amide bonds. The van der Waals surface area contributed by atoms with Gasteiger partial charge in [-0.3, -0.25) is 0 Å². The molecule has 0 bridgehead atoms. The lowest BCUT2D eigenvalue weighted by atomic mass is 10.4. The summed E-state index contributed by atoms with van der Waals surface area (Å²) in [5.41, 5.74) is 0. The van der Waals surface area contributed by atoms with Crippen LogP contribution in [0.15, 0.2) is 34.1 Å². The third-order valence-electron chi connectivity index (χ3n) is 2.31. The number of primary sulfonamides is 1. The SMILES string of the molecule is CCCNS(=O)(=O)c1ccc(SCCS(N)(=O)=O)cc1. The van der Waals surface area contributed by atoms with E-state index in [-0.39, 0.29) is 10.6 Å². The molecule has 0 radical (unpaired) electrons. The molecule has 0 saturated heterocycles. The predicted molar refractivity (Wildman–Crippen MR) is 80.6 cm³/mol. The van der Waals surface area contributed by atoms with Crippen molar-refractivity contribution in [2.24, 2.45) is 5.14 Å². The molecule has 0 aliphatic heterocycles. The standard InChI is InChI=1S/C11H18N2O4S3/c1-2-7-13-20(16,17)11-5-3-10(4-6-11)18-8-9-19(12,14)15/h3-6,13H,2,7-9H2,1H3,(H2,12,14,15). The zero-order chi connectivity index (χ0) is 15.2. The molecular weight excluding hydrogens is 320 g/mol. The van der Waals surface area contributed by atoms with Gasteiger partial charge < -0.3 is 0 Å². The van der Waals surface area contributed by atoms with Crippen molar-refractivity contribution >= 4 is 31.8 Å². The first-order valence-corrected chi connectivity index (χ1v) is 10.2. The molecule has 1 rings (SSSR count). The Labute approximate surface area is 124 Å². The maximum atomic E-state index is 11.8. The first-order chi connectivity index (χ1) is 9.24. The minimum absolute atomic E-state index is 0.115. The van der Waals surface area contributed by atoms with Crippen LogP contribution in [0.1, 0.15) is 13.3 Å². The van der Waals surface area contributed by atoms with Crippen molar-refractivity contribution in [1.82, 2.24) is 4.72 Å². The Hall–Kier alpha value is -0.610. The molecule has 0 unspecified atom stereocenters. The van der Waals surface area contributed by atoms with Gasteiger partial charge in [-0.15, -0.1) is 11.8 Å². The van der Waals surface area contributed by atoms with E-state index in [0.717, 1.165) is 11.3 Å². The van der Waals surface area contributed by atoms with Crippen molar-refractivity contribution in [3.05, 3.63) is 24.3 Å². The zero-order valence-electron chi connectivity index (χ0n) is 11.1. The number of hydrogen-bond donors (Lipinski definition) is 2. The van der Waals surface area contributed by atoms with Crippen LogP contribution >= 0.6 is 11.8 Å². The molecule has 9 heteroatoms. The summed E-state index contributed by atoms with van der Waals surface area (Å²) >= 11 is 1.31. The van der Waals surface area contributed by atoms with E-state index in [1.165, 1.54) is 23.9 Å². The Morgan fingerprint density at radius 3 is 2.25 bits per heavy atom. The molecular formula is C11H18N2O4S3. The quantitative estimate of drug-likeness (QED) is 0.681. The van der Waals surface area contributed by atoms with Gasteiger partial charge in [0, 0.05) is 17.2 Å². The highest BCUT2D eigenvalue weighted by molar-refractivity contribution is 8.00. The Morgan fingerprint density at radius 1 is 1.15 bits per heavy atom. The van der Waals surface area contributed by atoms with Crippen molar-refractivity contribution in [3.63, 3.8) is 0 Å². The summed E-state index contributed by atoms with van der Waals surface area (Å²) in [6.07, 6.45) is 0.723. The highest BCUT2D eigenvalue weighted by atomic mass is 32.2. The van der Waals surface area contributed by atoms with Crippen LogP contribution in [0, 0.1) is 0 Å². The van der Waals surface area contributed by atoms with E-state index in [9.17, 15) is 16.8 Å². The summed E-state index contributed by atoms with van der Waals surface area (Å²) in [7, 11) is -6.92. The molecule has 0 saturated carbocycles. The van der Waals surface area contributed by atoms with E-state index in [0.29, 0.717) is 12.3 Å². The molecule has 0 aromatic heterocycles. The lowest BCUT2D eigenvalue weighted by Gasteiger charge is -2.06. The predicted octanol–water partition coefficient (Wildman–Crippen LogP) is 0.756. The van der Waals surface area contributed by atoms with Crippen LogP contribution in [0.2, 0.25) is 0 Å². The van der Waals surface area contributed by atoms with Crippen LogP contribution in [-0.2, 0) is 20.0 Å². The molecule has 6 nitrogen and oxygen atoms in total. The summed E-state index contributed by atoms with van der Waals surface area (Å²) in [6.45, 7) is 2.28. The molecule has 0 atom stereocenters. The lowest BCUT2D eigenvalue weighted by Crippen LogP contribution is -2.24. The third-order valence-corrected chi connectivity index (χ3v) is 5.83. The topological polar surface area (TPSA) is 106 Å². The van der Waals surface area contributed by atoms with Crippen molar-refractivity contribution in [2.45, 2.75) is 23.1 Å². The summed E-state index contributed by atoms with van der Waals surface area (Å²) in [4.78, 5) is 0.991. The van der Waals surface area contributed by atoms with Crippen LogP contribution in [0.3, 0.4) is 0 Å². The van der Waals surface area contributed by atoms with Gasteiger partial charge in [-0.1, -0.05) is 6.92 Å². The first-order valence-electron chi connectivity index (χ1n) is 5.97. The van der Waals surface area contributed by atoms with E-state index in [4.69, 9.17) is 5.14 Å². The fourth-order valence-corrected chi connectivity index (χ4v) is 4.27. The summed E-state index contributed by atoms with van der Waals surface area (Å²) in [5, 5.41) is 4.90. The van der Waals surface area contributed by atoms with Gasteiger partial charge in [0.1, 0.15) is 0 Å². The maximum absolute atomic E-state index is 11.8. The van der Waals surface area contributed by atoms with Gasteiger partial charge in [0.25, 0.3) is 0 Å². The first kappa shape index (κ1) is 17.4. The van der Waals surface area contributed by atoms with Gasteiger partial charge in [0.05, 0.1) is 10.6 Å². The van der Waals surface area contributed by atoms with Crippen molar-refractivity contribution in [1.29, 1.82) is 0 Å². The molecule has 0 spiro atoms. The average Bonchev–Trinajstić information content (AvgIpc) is 2.35. The van der Waals surface area contributed by atoms with E-state index < -0.39 is 20.0 Å². The highest BCUT2D eigenvalue weighted by Crippen LogP contribution is 2.20. The average molecular weight is 338 g/mol. The molecule has 3 N–H and O–H groups in total. The monoisotopic (exact) mass is 338 g/mol. The number of rotatable bonds is 8. The van der Waals surface area contributed by atoms with Crippen molar-refractivity contribution in [3.8, 4) is 0 Å². The normalized spacial score (nSPS) is 12.5. The molecule has 0 aliphatic carbocycles. The molecule has 20 heavy (non-hydrogen) atoms.